The molecule has 0 aliphatic heterocycles. The van der Waals surface area contributed by atoms with Gasteiger partial charge in [0.25, 0.3) is 0 Å². The molecular weight excluding hydrogens is 402 g/mol. The average molecular weight is 426 g/mol. The van der Waals surface area contributed by atoms with Gasteiger partial charge in [-0.15, -0.1) is 11.3 Å². The zero-order valence-corrected chi connectivity index (χ0v) is 17.3. The fourth-order valence-electron chi connectivity index (χ4n) is 2.30. The molecule has 2 rings (SSSR count). The number of carbonyl (C=O) groups is 2. The van der Waals surface area contributed by atoms with Gasteiger partial charge in [0, 0.05) is 11.6 Å². The molecule has 0 radical (unpaired) electrons. The first kappa shape index (κ1) is 21.8. The summed E-state index contributed by atoms with van der Waals surface area (Å²) in [6.45, 7) is 2.10. The van der Waals surface area contributed by atoms with Crippen LogP contribution in [-0.4, -0.2) is 43.5 Å². The highest BCUT2D eigenvalue weighted by atomic mass is 32.2. The molecule has 1 atom stereocenters. The van der Waals surface area contributed by atoms with Crippen LogP contribution in [0.5, 0.6) is 0 Å². The number of amides is 2. The van der Waals surface area contributed by atoms with Gasteiger partial charge in [-0.2, -0.15) is 0 Å². The van der Waals surface area contributed by atoms with Gasteiger partial charge in [-0.25, -0.2) is 18.2 Å². The number of alkyl carbamates (subject to hydrolysis) is 1. The van der Waals surface area contributed by atoms with Crippen LogP contribution in [0.3, 0.4) is 0 Å². The predicted molar refractivity (Wildman–Crippen MR) is 107 cm³/mol. The number of rotatable bonds is 9. The van der Waals surface area contributed by atoms with Crippen LogP contribution < -0.4 is 10.6 Å². The van der Waals surface area contributed by atoms with E-state index in [1.165, 1.54) is 11.3 Å². The average Bonchev–Trinajstić information content (AvgIpc) is 3.07. The molecule has 1 aromatic heterocycles. The topological polar surface area (TPSA) is 114 Å². The molecule has 2 aromatic rings. The second kappa shape index (κ2) is 10.2. The van der Waals surface area contributed by atoms with Crippen molar-refractivity contribution in [2.45, 2.75) is 32.5 Å². The molecule has 2 amide bonds. The number of hydrogen-bond donors (Lipinski definition) is 2. The van der Waals surface area contributed by atoms with Crippen LogP contribution in [0.25, 0.3) is 0 Å². The Morgan fingerprint density at radius 1 is 1.25 bits per heavy atom. The number of aromatic nitrogens is 1. The van der Waals surface area contributed by atoms with Crippen LogP contribution in [0.1, 0.15) is 22.7 Å². The van der Waals surface area contributed by atoms with Gasteiger partial charge in [-0.1, -0.05) is 30.3 Å². The van der Waals surface area contributed by atoms with Crippen molar-refractivity contribution in [2.24, 2.45) is 0 Å². The Bertz CT molecular complexity index is 897. The Labute approximate surface area is 168 Å². The van der Waals surface area contributed by atoms with E-state index >= 15 is 0 Å². The maximum Gasteiger partial charge on any atom is 0.408 e. The van der Waals surface area contributed by atoms with E-state index in [1.807, 2.05) is 30.5 Å². The lowest BCUT2D eigenvalue weighted by atomic mass is 10.2. The van der Waals surface area contributed by atoms with Crippen molar-refractivity contribution in [3.05, 3.63) is 52.0 Å². The lowest BCUT2D eigenvalue weighted by Crippen LogP contribution is -2.47. The molecule has 0 spiro atoms. The molecule has 8 nitrogen and oxygen atoms in total. The van der Waals surface area contributed by atoms with Crippen molar-refractivity contribution in [3.63, 3.8) is 0 Å². The number of benzene rings is 1. The first-order valence-corrected chi connectivity index (χ1v) is 11.5. The molecule has 28 heavy (non-hydrogen) atoms. The molecule has 2 N–H and O–H groups in total. The van der Waals surface area contributed by atoms with Gasteiger partial charge in [0.2, 0.25) is 5.91 Å². The molecule has 0 saturated heterocycles. The quantitative estimate of drug-likeness (QED) is 0.633. The van der Waals surface area contributed by atoms with Crippen LogP contribution in [0.2, 0.25) is 0 Å². The smallest absolute Gasteiger partial charge is 0.408 e. The molecule has 0 bridgehead atoms. The van der Waals surface area contributed by atoms with E-state index in [2.05, 4.69) is 15.6 Å². The molecule has 0 aliphatic carbocycles. The molecule has 10 heteroatoms. The normalized spacial score (nSPS) is 12.2. The van der Waals surface area contributed by atoms with Crippen molar-refractivity contribution in [1.29, 1.82) is 0 Å². The van der Waals surface area contributed by atoms with Crippen LogP contribution in [0.4, 0.5) is 4.79 Å². The first-order chi connectivity index (χ1) is 13.2. The van der Waals surface area contributed by atoms with Crippen LogP contribution >= 0.6 is 11.3 Å². The summed E-state index contributed by atoms with van der Waals surface area (Å²) >= 11 is 1.46. The summed E-state index contributed by atoms with van der Waals surface area (Å²) in [7, 11) is -3.29. The molecular formula is C18H23N3O5S2. The number of nitrogens with zero attached hydrogens (tertiary/aromatic N) is 1. The molecule has 0 aliphatic rings. The Morgan fingerprint density at radius 3 is 2.57 bits per heavy atom. The van der Waals surface area contributed by atoms with E-state index in [0.29, 0.717) is 5.69 Å². The van der Waals surface area contributed by atoms with Gasteiger partial charge in [0.15, 0.2) is 0 Å². The maximum absolute atomic E-state index is 12.4. The minimum atomic E-state index is -3.29. The first-order valence-electron chi connectivity index (χ1n) is 8.56. The fraction of sp³-hybridized carbons (Fsp3) is 0.389. The third kappa shape index (κ3) is 8.05. The summed E-state index contributed by atoms with van der Waals surface area (Å²) in [5, 5.41) is 7.81. The molecule has 152 valence electrons. The number of carbonyl (C=O) groups excluding carboxylic acids is 2. The van der Waals surface area contributed by atoms with Crippen LogP contribution in [-0.2, 0) is 32.5 Å². The van der Waals surface area contributed by atoms with Crippen molar-refractivity contribution in [1.82, 2.24) is 15.6 Å². The van der Waals surface area contributed by atoms with Crippen molar-refractivity contribution < 1.29 is 22.7 Å². The monoisotopic (exact) mass is 425 g/mol. The maximum atomic E-state index is 12.4. The Hall–Kier alpha value is -2.46. The number of aryl methyl sites for hydroxylation is 1. The van der Waals surface area contributed by atoms with Crippen LogP contribution in [0, 0.1) is 6.92 Å². The summed E-state index contributed by atoms with van der Waals surface area (Å²) < 4.78 is 28.0. The molecule has 1 aromatic carbocycles. The number of thiazole rings is 1. The van der Waals surface area contributed by atoms with E-state index in [-0.39, 0.29) is 25.3 Å². The minimum Gasteiger partial charge on any atom is -0.445 e. The van der Waals surface area contributed by atoms with E-state index in [9.17, 15) is 18.0 Å². The lowest BCUT2D eigenvalue weighted by Gasteiger charge is -2.18. The summed E-state index contributed by atoms with van der Waals surface area (Å²) in [5.41, 5.74) is 1.50. The number of nitrogens with one attached hydrogen (secondary N) is 2. The van der Waals surface area contributed by atoms with Gasteiger partial charge < -0.3 is 15.4 Å². The van der Waals surface area contributed by atoms with Crippen molar-refractivity contribution in [3.8, 4) is 0 Å². The Morgan fingerprint density at radius 2 is 1.96 bits per heavy atom. The lowest BCUT2D eigenvalue weighted by molar-refractivity contribution is -0.123. The van der Waals surface area contributed by atoms with Crippen molar-refractivity contribution >= 4 is 33.2 Å². The number of hydrogen-bond acceptors (Lipinski definition) is 7. The SMILES string of the molecule is Cc1nc(CNC(=O)C(CCS(C)(=O)=O)NC(=O)OCc2ccccc2)cs1. The van der Waals surface area contributed by atoms with E-state index < -0.39 is 27.9 Å². The Kier molecular flexibility index (Phi) is 7.94. The van der Waals surface area contributed by atoms with E-state index in [4.69, 9.17) is 4.74 Å². The predicted octanol–water partition coefficient (Wildman–Crippen LogP) is 1.80. The second-order valence-corrected chi connectivity index (χ2v) is 9.57. The third-order valence-corrected chi connectivity index (χ3v) is 5.51. The summed E-state index contributed by atoms with van der Waals surface area (Å²) in [6, 6.07) is 8.06. The molecule has 0 saturated carbocycles. The highest BCUT2D eigenvalue weighted by molar-refractivity contribution is 7.90. The highest BCUT2D eigenvalue weighted by Gasteiger charge is 2.23. The summed E-state index contributed by atoms with van der Waals surface area (Å²) in [6.07, 6.45) is 0.233. The summed E-state index contributed by atoms with van der Waals surface area (Å²) in [4.78, 5) is 28.8. The minimum absolute atomic E-state index is 0.0468. The van der Waals surface area contributed by atoms with Crippen molar-refractivity contribution in [2.75, 3.05) is 12.0 Å². The van der Waals surface area contributed by atoms with Gasteiger partial charge in [0.1, 0.15) is 22.5 Å². The van der Waals surface area contributed by atoms with E-state index in [1.54, 1.807) is 12.1 Å². The zero-order chi connectivity index (χ0) is 20.6. The zero-order valence-electron chi connectivity index (χ0n) is 15.7. The number of ether oxygens (including phenoxy) is 1. The van der Waals surface area contributed by atoms with Crippen LogP contribution in [0.15, 0.2) is 35.7 Å². The van der Waals surface area contributed by atoms with Gasteiger partial charge in [-0.05, 0) is 18.9 Å². The van der Waals surface area contributed by atoms with Gasteiger partial charge in [-0.3, -0.25) is 4.79 Å². The van der Waals surface area contributed by atoms with E-state index in [0.717, 1.165) is 16.8 Å². The highest BCUT2D eigenvalue weighted by Crippen LogP contribution is 2.08. The largest absolute Gasteiger partial charge is 0.445 e. The van der Waals surface area contributed by atoms with Gasteiger partial charge in [0.05, 0.1) is 23.0 Å². The Balaban J connectivity index is 1.92. The second-order valence-electron chi connectivity index (χ2n) is 6.25. The third-order valence-electron chi connectivity index (χ3n) is 3.71. The number of sulfone groups is 1. The standard InChI is InChI=1S/C18H23N3O5S2/c1-13-20-15(12-27-13)10-19-17(22)16(8-9-28(2,24)25)21-18(23)26-11-14-6-4-3-5-7-14/h3-7,12,16H,8-11H2,1-2H3,(H,19,22)(H,21,23). The molecule has 1 unspecified atom stereocenters. The molecule has 0 fully saturated rings. The summed E-state index contributed by atoms with van der Waals surface area (Å²) in [5.74, 6) is -0.731. The molecule has 1 heterocycles. The van der Waals surface area contributed by atoms with Gasteiger partial charge >= 0.3 is 6.09 Å². The fourth-order valence-corrected chi connectivity index (χ4v) is 3.57.